The van der Waals surface area contributed by atoms with Gasteiger partial charge in [0.05, 0.1) is 5.75 Å². The zero-order valence-electron chi connectivity index (χ0n) is 4.92. The minimum absolute atomic E-state index is 0. The molecule has 0 amide bonds. The van der Waals surface area contributed by atoms with E-state index in [1.807, 2.05) is 6.92 Å². The van der Waals surface area contributed by atoms with Crippen LogP contribution in [0.15, 0.2) is 0 Å². The van der Waals surface area contributed by atoms with Crippen LogP contribution in [0.4, 0.5) is 0 Å². The van der Waals surface area contributed by atoms with E-state index in [2.05, 4.69) is 0 Å². The Kier molecular flexibility index (Phi) is 9.17. The topological polar surface area (TPSA) is 60.2 Å². The van der Waals surface area contributed by atoms with Crippen molar-refractivity contribution < 1.29 is 8.42 Å². The van der Waals surface area contributed by atoms with E-state index in [1.165, 1.54) is 0 Å². The summed E-state index contributed by atoms with van der Waals surface area (Å²) in [4.78, 5) is 0. The molecule has 0 heterocycles. The predicted octanol–water partition coefficient (Wildman–Crippen LogP) is -0.574. The molecule has 0 unspecified atom stereocenters. The maximum atomic E-state index is 10.2. The average Bonchev–Trinajstić information content (AvgIpc) is 1.59. The number of rotatable bonds is 3. The first-order valence-electron chi connectivity index (χ1n) is 2.56. The van der Waals surface area contributed by atoms with Crippen LogP contribution in [0, 0.1) is 0 Å². The van der Waals surface area contributed by atoms with Crippen LogP contribution in [0.3, 0.4) is 0 Å². The van der Waals surface area contributed by atoms with Gasteiger partial charge in [-0.1, -0.05) is 13.3 Å². The van der Waals surface area contributed by atoms with Crippen molar-refractivity contribution in [2.24, 2.45) is 5.14 Å². The summed E-state index contributed by atoms with van der Waals surface area (Å²) in [6, 6.07) is 0. The van der Waals surface area contributed by atoms with Gasteiger partial charge in [0.2, 0.25) is 10.0 Å². The Morgan fingerprint density at radius 3 is 2.00 bits per heavy atom. The SMILES string of the molecule is CCCCS(N)(=O)=O.[KH]. The summed E-state index contributed by atoms with van der Waals surface area (Å²) >= 11 is 0. The monoisotopic (exact) mass is 177 g/mol. The zero-order chi connectivity index (χ0) is 6.62. The molecule has 0 saturated heterocycles. The van der Waals surface area contributed by atoms with Gasteiger partial charge in [-0.05, 0) is 6.42 Å². The number of unbranched alkanes of at least 4 members (excludes halogenated alkanes) is 1. The van der Waals surface area contributed by atoms with Gasteiger partial charge in [-0.15, -0.1) is 0 Å². The second-order valence-corrected chi connectivity index (χ2v) is 3.45. The Bertz CT molecular complexity index is 143. The summed E-state index contributed by atoms with van der Waals surface area (Å²) in [5.74, 6) is 0.115. The Morgan fingerprint density at radius 1 is 1.44 bits per heavy atom. The van der Waals surface area contributed by atoms with Crippen molar-refractivity contribution in [3.63, 3.8) is 0 Å². The van der Waals surface area contributed by atoms with Crippen molar-refractivity contribution in [3.05, 3.63) is 0 Å². The standard InChI is InChI=1S/C4H11NO2S.K.H/c1-2-3-4-8(5,6)7;;/h2-4H2,1H3,(H2,5,6,7);;. The van der Waals surface area contributed by atoms with Crippen LogP contribution in [-0.4, -0.2) is 65.6 Å². The normalized spacial score (nSPS) is 10.4. The first-order chi connectivity index (χ1) is 3.56. The number of hydrogen-bond donors (Lipinski definition) is 1. The Balaban J connectivity index is 0. The molecule has 5 heteroatoms. The van der Waals surface area contributed by atoms with E-state index in [4.69, 9.17) is 5.14 Å². The maximum absolute atomic E-state index is 10.2. The molecule has 9 heavy (non-hydrogen) atoms. The summed E-state index contributed by atoms with van der Waals surface area (Å²) in [5.41, 5.74) is 0. The summed E-state index contributed by atoms with van der Waals surface area (Å²) in [5, 5.41) is 4.69. The third-order valence-electron chi connectivity index (χ3n) is 0.782. The predicted molar refractivity (Wildman–Crippen MR) is 40.0 cm³/mol. The van der Waals surface area contributed by atoms with Crippen molar-refractivity contribution in [1.29, 1.82) is 0 Å². The summed E-state index contributed by atoms with van der Waals surface area (Å²) in [6.07, 6.45) is 1.54. The van der Waals surface area contributed by atoms with E-state index in [1.54, 1.807) is 0 Å². The molecule has 0 bridgehead atoms. The molecule has 3 nitrogen and oxygen atoms in total. The minimum atomic E-state index is -3.19. The summed E-state index contributed by atoms with van der Waals surface area (Å²) in [6.45, 7) is 1.92. The number of nitrogens with two attached hydrogens (primary N) is 1. The van der Waals surface area contributed by atoms with E-state index >= 15 is 0 Å². The molecule has 0 fully saturated rings. The molecular formula is C4H12KNO2S. The Hall–Kier alpha value is 1.55. The van der Waals surface area contributed by atoms with Gasteiger partial charge in [0.15, 0.2) is 0 Å². The van der Waals surface area contributed by atoms with Gasteiger partial charge in [-0.25, -0.2) is 13.6 Å². The molecule has 0 radical (unpaired) electrons. The second kappa shape index (κ2) is 6.27. The number of sulfonamides is 1. The van der Waals surface area contributed by atoms with Crippen molar-refractivity contribution >= 4 is 61.4 Å². The van der Waals surface area contributed by atoms with E-state index in [0.717, 1.165) is 6.42 Å². The van der Waals surface area contributed by atoms with Gasteiger partial charge in [-0.2, -0.15) is 0 Å². The Morgan fingerprint density at radius 2 is 1.89 bits per heavy atom. The molecule has 0 atom stereocenters. The van der Waals surface area contributed by atoms with Gasteiger partial charge >= 0.3 is 51.4 Å². The molecule has 0 aromatic carbocycles. The van der Waals surface area contributed by atoms with Crippen molar-refractivity contribution in [2.45, 2.75) is 19.8 Å². The van der Waals surface area contributed by atoms with Crippen molar-refractivity contribution in [2.75, 3.05) is 5.75 Å². The van der Waals surface area contributed by atoms with Gasteiger partial charge in [0, 0.05) is 0 Å². The van der Waals surface area contributed by atoms with Crippen LogP contribution >= 0.6 is 0 Å². The average molecular weight is 177 g/mol. The fraction of sp³-hybridized carbons (Fsp3) is 1.00. The van der Waals surface area contributed by atoms with Crippen LogP contribution in [0.5, 0.6) is 0 Å². The summed E-state index contributed by atoms with van der Waals surface area (Å²) in [7, 11) is -3.19. The van der Waals surface area contributed by atoms with Crippen LogP contribution in [-0.2, 0) is 10.0 Å². The fourth-order valence-electron chi connectivity index (χ4n) is 0.346. The molecule has 0 aliphatic rings. The molecule has 2 N–H and O–H groups in total. The van der Waals surface area contributed by atoms with Crippen LogP contribution < -0.4 is 5.14 Å². The molecule has 0 aliphatic carbocycles. The van der Waals surface area contributed by atoms with Gasteiger partial charge < -0.3 is 0 Å². The van der Waals surface area contributed by atoms with Crippen molar-refractivity contribution in [1.82, 2.24) is 0 Å². The van der Waals surface area contributed by atoms with Crippen LogP contribution in [0.1, 0.15) is 19.8 Å². The molecule has 0 aromatic heterocycles. The quantitative estimate of drug-likeness (QED) is 0.587. The first-order valence-corrected chi connectivity index (χ1v) is 4.28. The molecule has 52 valence electrons. The third kappa shape index (κ3) is 12.7. The van der Waals surface area contributed by atoms with Gasteiger partial charge in [0.1, 0.15) is 0 Å². The molecule has 0 rings (SSSR count). The number of primary sulfonamides is 1. The Labute approximate surface area is 98.9 Å². The third-order valence-corrected chi connectivity index (χ3v) is 1.64. The summed E-state index contributed by atoms with van der Waals surface area (Å²) < 4.78 is 20.3. The van der Waals surface area contributed by atoms with E-state index in [-0.39, 0.29) is 57.1 Å². The van der Waals surface area contributed by atoms with Crippen LogP contribution in [0.25, 0.3) is 0 Å². The molecule has 0 aromatic rings. The van der Waals surface area contributed by atoms with Gasteiger partial charge in [-0.3, -0.25) is 0 Å². The van der Waals surface area contributed by atoms with Crippen LogP contribution in [0.2, 0.25) is 0 Å². The molecule has 0 aliphatic heterocycles. The molecular weight excluding hydrogens is 165 g/mol. The number of hydrogen-bond acceptors (Lipinski definition) is 2. The van der Waals surface area contributed by atoms with E-state index < -0.39 is 10.0 Å². The van der Waals surface area contributed by atoms with Gasteiger partial charge in [0.25, 0.3) is 0 Å². The zero-order valence-corrected chi connectivity index (χ0v) is 5.74. The van der Waals surface area contributed by atoms with E-state index in [9.17, 15) is 8.42 Å². The molecule has 0 saturated carbocycles. The van der Waals surface area contributed by atoms with Crippen molar-refractivity contribution in [3.8, 4) is 0 Å². The van der Waals surface area contributed by atoms with E-state index in [0.29, 0.717) is 6.42 Å². The molecule has 0 spiro atoms. The first kappa shape index (κ1) is 13.2. The fourth-order valence-corrected chi connectivity index (χ4v) is 1.04. The second-order valence-electron chi connectivity index (χ2n) is 1.72.